The quantitative estimate of drug-likeness (QED) is 0.150. The van der Waals surface area contributed by atoms with E-state index >= 15 is 0 Å². The van der Waals surface area contributed by atoms with Gasteiger partial charge >= 0.3 is 0 Å². The van der Waals surface area contributed by atoms with E-state index in [1.165, 1.54) is 35.2 Å². The molecule has 6 nitrogen and oxygen atoms in total. The molecule has 0 heterocycles. The molecule has 0 spiro atoms. The molecule has 0 unspecified atom stereocenters. The zero-order chi connectivity index (χ0) is 25.8. The van der Waals surface area contributed by atoms with Crippen LogP contribution in [0, 0.1) is 0 Å². The van der Waals surface area contributed by atoms with E-state index < -0.39 is 16.6 Å². The summed E-state index contributed by atoms with van der Waals surface area (Å²) in [6, 6.07) is 2.37. The second-order valence-electron chi connectivity index (χ2n) is 8.76. The van der Waals surface area contributed by atoms with Crippen LogP contribution in [0.2, 0.25) is 38.3 Å². The molecule has 0 radical (unpaired) electrons. The summed E-state index contributed by atoms with van der Waals surface area (Å²) >= 11 is 5.56. The summed E-state index contributed by atoms with van der Waals surface area (Å²) < 4.78 is 11.4. The maximum absolute atomic E-state index is 11.3. The number of hydrogen-bond donors (Lipinski definition) is 1. The third-order valence-electron chi connectivity index (χ3n) is 4.14. The first-order valence-electron chi connectivity index (χ1n) is 11.3. The van der Waals surface area contributed by atoms with Gasteiger partial charge in [0, 0.05) is 47.2 Å². The van der Waals surface area contributed by atoms with E-state index in [9.17, 15) is 9.59 Å². The maximum atomic E-state index is 11.3. The molecule has 32 heavy (non-hydrogen) atoms. The van der Waals surface area contributed by atoms with Crippen molar-refractivity contribution in [3.8, 4) is 0 Å². The fourth-order valence-electron chi connectivity index (χ4n) is 2.40. The molecule has 0 aromatic carbocycles. The summed E-state index contributed by atoms with van der Waals surface area (Å²) in [5, 5.41) is 0.144. The van der Waals surface area contributed by atoms with Crippen molar-refractivity contribution in [2.24, 2.45) is 0 Å². The number of hydrogen-bond acceptors (Lipinski definition) is 6. The lowest BCUT2D eigenvalue weighted by Gasteiger charge is -2.21. The molecule has 0 aromatic rings. The first-order chi connectivity index (χ1) is 14.7. The van der Waals surface area contributed by atoms with Gasteiger partial charge in [0.15, 0.2) is 16.6 Å². The number of amides is 2. The number of thiol groups is 1. The van der Waals surface area contributed by atoms with E-state index in [2.05, 4.69) is 52.3 Å². The molecule has 0 aliphatic rings. The van der Waals surface area contributed by atoms with Gasteiger partial charge in [-0.25, -0.2) is 0 Å². The van der Waals surface area contributed by atoms with E-state index in [1.807, 2.05) is 6.92 Å². The second-order valence-corrected chi connectivity index (χ2v) is 18.9. The van der Waals surface area contributed by atoms with Crippen LogP contribution in [0.3, 0.4) is 0 Å². The lowest BCUT2D eigenvalue weighted by Crippen LogP contribution is -2.30. The van der Waals surface area contributed by atoms with Crippen LogP contribution >= 0.6 is 24.4 Å². The highest BCUT2D eigenvalue weighted by molar-refractivity contribution is 8.13. The van der Waals surface area contributed by atoms with Crippen molar-refractivity contribution in [1.29, 1.82) is 0 Å². The lowest BCUT2D eigenvalue weighted by atomic mass is 10.5. The standard InChI is InChI=1S/C10H23NO2SSi.C7H18OSSi.C5H9NO/c1-6-13-15(4,5)9-7-8-14-10(12)11(2)3;1-4-8-10(2,3)7-5-6-9;1-4-5(7)6(2)3/h6-9H2,1-5H3;9H,4-7H2,1-3H3;4H,1H2,2-3H3. The summed E-state index contributed by atoms with van der Waals surface area (Å²) in [5.41, 5.74) is 0. The first-order valence-corrected chi connectivity index (χ1v) is 19.1. The zero-order valence-electron chi connectivity index (χ0n) is 22.3. The molecule has 0 aliphatic carbocycles. The largest absolute Gasteiger partial charge is 0.418 e. The molecule has 0 atom stereocenters. The van der Waals surface area contributed by atoms with Crippen molar-refractivity contribution >= 4 is 52.2 Å². The molecule has 0 saturated carbocycles. The molecule has 0 aromatic heterocycles. The summed E-state index contributed by atoms with van der Waals surface area (Å²) in [4.78, 5) is 24.7. The van der Waals surface area contributed by atoms with Crippen LogP contribution in [-0.2, 0) is 13.6 Å². The molecule has 0 fully saturated rings. The number of thioether (sulfide) groups is 1. The molecule has 0 bridgehead atoms. The van der Waals surface area contributed by atoms with Crippen molar-refractivity contribution in [2.45, 2.75) is 65.0 Å². The van der Waals surface area contributed by atoms with E-state index in [4.69, 9.17) is 8.85 Å². The number of likely N-dealkylation sites (N-methyl/N-ethyl adjacent to an activating group) is 1. The van der Waals surface area contributed by atoms with Gasteiger partial charge < -0.3 is 18.7 Å². The van der Waals surface area contributed by atoms with Crippen LogP contribution in [0.15, 0.2) is 12.7 Å². The average Bonchev–Trinajstić information content (AvgIpc) is 2.69. The Morgan fingerprint density at radius 3 is 1.62 bits per heavy atom. The number of nitrogens with zero attached hydrogens (tertiary/aromatic N) is 2. The molecule has 10 heteroatoms. The molecule has 0 saturated heterocycles. The summed E-state index contributed by atoms with van der Waals surface area (Å²) in [5.74, 6) is 1.84. The Kier molecular flexibility index (Phi) is 24.1. The van der Waals surface area contributed by atoms with Crippen LogP contribution in [0.4, 0.5) is 4.79 Å². The monoisotopic (exact) mass is 526 g/mol. The minimum atomic E-state index is -1.44. The van der Waals surface area contributed by atoms with Crippen LogP contribution < -0.4 is 0 Å². The number of carbonyl (C=O) groups is 2. The molecule has 0 aliphatic heterocycles. The number of rotatable bonds is 12. The van der Waals surface area contributed by atoms with Gasteiger partial charge in [0.2, 0.25) is 5.91 Å². The van der Waals surface area contributed by atoms with Gasteiger partial charge in [0.05, 0.1) is 0 Å². The highest BCUT2D eigenvalue weighted by atomic mass is 32.2. The average molecular weight is 527 g/mol. The van der Waals surface area contributed by atoms with Gasteiger partial charge in [-0.15, -0.1) is 0 Å². The van der Waals surface area contributed by atoms with Gasteiger partial charge in [-0.05, 0) is 76.8 Å². The van der Waals surface area contributed by atoms with Crippen molar-refractivity contribution in [3.05, 3.63) is 12.7 Å². The molecule has 2 amide bonds. The topological polar surface area (TPSA) is 59.1 Å². The third kappa shape index (κ3) is 26.0. The predicted molar refractivity (Wildman–Crippen MR) is 151 cm³/mol. The van der Waals surface area contributed by atoms with Gasteiger partial charge in [0.1, 0.15) is 0 Å². The van der Waals surface area contributed by atoms with Crippen LogP contribution in [0.1, 0.15) is 26.7 Å². The Labute approximate surface area is 210 Å². The van der Waals surface area contributed by atoms with E-state index in [0.29, 0.717) is 0 Å². The van der Waals surface area contributed by atoms with E-state index in [1.54, 1.807) is 33.1 Å². The fourth-order valence-corrected chi connectivity index (χ4v) is 7.74. The van der Waals surface area contributed by atoms with Gasteiger partial charge in [-0.1, -0.05) is 18.3 Å². The van der Waals surface area contributed by atoms with E-state index in [-0.39, 0.29) is 11.1 Å². The normalized spacial score (nSPS) is 10.8. The highest BCUT2D eigenvalue weighted by Crippen LogP contribution is 2.17. The van der Waals surface area contributed by atoms with Crippen LogP contribution in [0.5, 0.6) is 0 Å². The molecule has 192 valence electrons. The Bertz CT molecular complexity index is 506. The van der Waals surface area contributed by atoms with Gasteiger partial charge in [-0.2, -0.15) is 12.6 Å². The van der Waals surface area contributed by atoms with Crippen molar-refractivity contribution < 1.29 is 18.4 Å². The Hall–Kier alpha value is -0.266. The van der Waals surface area contributed by atoms with Crippen molar-refractivity contribution in [1.82, 2.24) is 9.80 Å². The summed E-state index contributed by atoms with van der Waals surface area (Å²) in [7, 11) is 4.23. The van der Waals surface area contributed by atoms with Crippen LogP contribution in [0.25, 0.3) is 0 Å². The Morgan fingerprint density at radius 2 is 1.34 bits per heavy atom. The maximum Gasteiger partial charge on any atom is 0.281 e. The number of carbonyl (C=O) groups excluding carboxylic acids is 2. The third-order valence-corrected chi connectivity index (χ3v) is 10.8. The van der Waals surface area contributed by atoms with E-state index in [0.717, 1.165) is 37.2 Å². The Balaban J connectivity index is -0.000000427. The second kappa shape index (κ2) is 21.3. The first kappa shape index (κ1) is 36.3. The molecular weight excluding hydrogens is 477 g/mol. The Morgan fingerprint density at radius 1 is 0.906 bits per heavy atom. The lowest BCUT2D eigenvalue weighted by molar-refractivity contribution is -0.123. The summed E-state index contributed by atoms with van der Waals surface area (Å²) in [6.07, 6.45) is 3.55. The van der Waals surface area contributed by atoms with Gasteiger partial charge in [0.25, 0.3) is 5.24 Å². The predicted octanol–water partition coefficient (Wildman–Crippen LogP) is 5.84. The van der Waals surface area contributed by atoms with Gasteiger partial charge in [-0.3, -0.25) is 9.59 Å². The molecule has 0 rings (SSSR count). The van der Waals surface area contributed by atoms with Crippen molar-refractivity contribution in [3.63, 3.8) is 0 Å². The molecular formula is C22H50N2O4S2Si2. The SMILES string of the molecule is C=CC(=O)N(C)C.CCO[Si](C)(C)CCCS.CCO[Si](C)(C)CCCSC(=O)N(C)C. The summed E-state index contributed by atoms with van der Waals surface area (Å²) in [6.45, 7) is 18.1. The highest BCUT2D eigenvalue weighted by Gasteiger charge is 2.21. The molecule has 0 N–H and O–H groups in total. The minimum absolute atomic E-state index is 0.0556. The zero-order valence-corrected chi connectivity index (χ0v) is 26.0. The van der Waals surface area contributed by atoms with Crippen molar-refractivity contribution in [2.75, 3.05) is 52.9 Å². The van der Waals surface area contributed by atoms with Crippen LogP contribution in [-0.4, -0.2) is 90.5 Å². The minimum Gasteiger partial charge on any atom is -0.418 e. The fraction of sp³-hybridized carbons (Fsp3) is 0.818. The smallest absolute Gasteiger partial charge is 0.281 e.